The Morgan fingerprint density at radius 2 is 2.11 bits per heavy atom. The Hall–Kier alpha value is -3.62. The lowest BCUT2D eigenvalue weighted by molar-refractivity contribution is -0.122. The first kappa shape index (κ1) is 16.5. The van der Waals surface area contributed by atoms with Gasteiger partial charge in [0.15, 0.2) is 17.3 Å². The largest absolute Gasteiger partial charge is 0.454 e. The molecule has 1 fully saturated rings. The molecule has 0 radical (unpaired) electrons. The molecular weight excluding hydrogens is 367 g/mol. The zero-order valence-electron chi connectivity index (χ0n) is 14.6. The van der Waals surface area contributed by atoms with Crippen LogP contribution in [0.15, 0.2) is 36.4 Å². The Balaban J connectivity index is 1.35. The van der Waals surface area contributed by atoms with Gasteiger partial charge in [0.25, 0.3) is 0 Å². The van der Waals surface area contributed by atoms with E-state index in [4.69, 9.17) is 9.47 Å². The number of carbonyl (C=O) groups excluding carboxylic acids is 2. The molecule has 9 heteroatoms. The van der Waals surface area contributed by atoms with Crippen LogP contribution in [0.5, 0.6) is 11.5 Å². The molecule has 1 atom stereocenters. The third-order valence-electron chi connectivity index (χ3n) is 4.91. The van der Waals surface area contributed by atoms with Crippen LogP contribution in [-0.2, 0) is 9.59 Å². The van der Waals surface area contributed by atoms with Gasteiger partial charge in [-0.3, -0.25) is 19.6 Å². The van der Waals surface area contributed by atoms with E-state index in [2.05, 4.69) is 15.5 Å². The lowest BCUT2D eigenvalue weighted by atomic mass is 10.1. The number of H-pyrrole nitrogens is 1. The van der Waals surface area contributed by atoms with Crippen molar-refractivity contribution in [1.29, 1.82) is 0 Å². The first-order chi connectivity index (χ1) is 13.6. The van der Waals surface area contributed by atoms with Crippen molar-refractivity contribution < 1.29 is 23.5 Å². The minimum Gasteiger partial charge on any atom is -0.454 e. The van der Waals surface area contributed by atoms with E-state index < -0.39 is 11.7 Å². The van der Waals surface area contributed by atoms with E-state index in [1.54, 1.807) is 30.3 Å². The number of hydrogen-bond donors (Lipinski definition) is 2. The van der Waals surface area contributed by atoms with Crippen LogP contribution in [0.4, 0.5) is 15.9 Å². The number of rotatable bonds is 3. The predicted octanol–water partition coefficient (Wildman–Crippen LogP) is 2.42. The van der Waals surface area contributed by atoms with Crippen LogP contribution >= 0.6 is 0 Å². The third kappa shape index (κ3) is 2.63. The first-order valence-electron chi connectivity index (χ1n) is 8.73. The fraction of sp³-hybridized carbons (Fsp3) is 0.211. The molecule has 1 aromatic heterocycles. The van der Waals surface area contributed by atoms with Crippen LogP contribution in [0.25, 0.3) is 10.9 Å². The minimum atomic E-state index is -0.573. The van der Waals surface area contributed by atoms with Gasteiger partial charge in [-0.1, -0.05) is 6.07 Å². The molecule has 142 valence electrons. The third-order valence-corrected chi connectivity index (χ3v) is 4.91. The highest BCUT2D eigenvalue weighted by Crippen LogP contribution is 2.35. The average molecular weight is 382 g/mol. The summed E-state index contributed by atoms with van der Waals surface area (Å²) in [7, 11) is 0. The standard InChI is InChI=1S/C19H15FN4O4/c20-12-2-1-3-13-17(12)18(23-22-13)24-8-10(6-16(24)25)19(26)21-11-4-5-14-15(7-11)28-9-27-14/h1-5,7,10H,6,8-9H2,(H,21,26)(H,22,23)/t10-/m1/s1. The van der Waals surface area contributed by atoms with Gasteiger partial charge in [-0.05, 0) is 24.3 Å². The molecule has 5 rings (SSSR count). The molecule has 8 nitrogen and oxygen atoms in total. The number of hydrogen-bond acceptors (Lipinski definition) is 5. The summed E-state index contributed by atoms with van der Waals surface area (Å²) in [4.78, 5) is 26.5. The fourth-order valence-electron chi connectivity index (χ4n) is 3.52. The molecule has 28 heavy (non-hydrogen) atoms. The summed E-state index contributed by atoms with van der Waals surface area (Å²) in [6, 6.07) is 9.64. The summed E-state index contributed by atoms with van der Waals surface area (Å²) in [5.74, 6) is -0.235. The van der Waals surface area contributed by atoms with E-state index in [0.29, 0.717) is 22.7 Å². The number of fused-ring (bicyclic) bond motifs is 2. The van der Waals surface area contributed by atoms with Crippen molar-refractivity contribution in [3.8, 4) is 11.5 Å². The van der Waals surface area contributed by atoms with Crippen molar-refractivity contribution in [2.24, 2.45) is 5.92 Å². The monoisotopic (exact) mass is 382 g/mol. The highest BCUT2D eigenvalue weighted by molar-refractivity contribution is 6.07. The maximum atomic E-state index is 14.2. The Morgan fingerprint density at radius 3 is 3.00 bits per heavy atom. The molecule has 0 aliphatic carbocycles. The van der Waals surface area contributed by atoms with Gasteiger partial charge < -0.3 is 14.8 Å². The summed E-state index contributed by atoms with van der Waals surface area (Å²) in [6.07, 6.45) is 0.0270. The molecule has 2 amide bonds. The summed E-state index contributed by atoms with van der Waals surface area (Å²) < 4.78 is 24.8. The van der Waals surface area contributed by atoms with Crippen molar-refractivity contribution in [3.05, 3.63) is 42.2 Å². The predicted molar refractivity (Wildman–Crippen MR) is 97.7 cm³/mol. The molecule has 2 aliphatic heterocycles. The van der Waals surface area contributed by atoms with Crippen LogP contribution in [-0.4, -0.2) is 35.3 Å². The number of aromatic amines is 1. The second-order valence-electron chi connectivity index (χ2n) is 6.67. The number of anilines is 2. The fourth-order valence-corrected chi connectivity index (χ4v) is 3.52. The molecule has 3 heterocycles. The van der Waals surface area contributed by atoms with Gasteiger partial charge in [0.2, 0.25) is 18.6 Å². The van der Waals surface area contributed by atoms with E-state index in [1.165, 1.54) is 11.0 Å². The normalized spacial score (nSPS) is 18.1. The van der Waals surface area contributed by atoms with Gasteiger partial charge in [-0.15, -0.1) is 0 Å². The Kier molecular flexibility index (Phi) is 3.68. The van der Waals surface area contributed by atoms with Crippen LogP contribution in [0, 0.1) is 11.7 Å². The Labute approximate surface area is 158 Å². The number of amides is 2. The molecule has 0 spiro atoms. The summed E-state index contributed by atoms with van der Waals surface area (Å²) >= 11 is 0. The molecular formula is C19H15FN4O4. The second kappa shape index (κ2) is 6.22. The number of benzene rings is 2. The molecule has 1 saturated heterocycles. The lowest BCUT2D eigenvalue weighted by Crippen LogP contribution is -2.28. The van der Waals surface area contributed by atoms with Crippen LogP contribution in [0.1, 0.15) is 6.42 Å². The number of ether oxygens (including phenoxy) is 2. The minimum absolute atomic E-state index is 0.0270. The topological polar surface area (TPSA) is 96.5 Å². The molecule has 2 aromatic carbocycles. The number of carbonyl (C=O) groups is 2. The quantitative estimate of drug-likeness (QED) is 0.725. The molecule has 0 bridgehead atoms. The lowest BCUT2D eigenvalue weighted by Gasteiger charge is -2.14. The number of aromatic nitrogens is 2. The van der Waals surface area contributed by atoms with Crippen molar-refractivity contribution in [2.45, 2.75) is 6.42 Å². The molecule has 2 aliphatic rings. The molecule has 0 unspecified atom stereocenters. The van der Waals surface area contributed by atoms with Gasteiger partial charge in [0, 0.05) is 24.7 Å². The average Bonchev–Trinajstić information content (AvgIpc) is 3.39. The van der Waals surface area contributed by atoms with E-state index in [9.17, 15) is 14.0 Å². The molecule has 3 aromatic rings. The summed E-state index contributed by atoms with van der Waals surface area (Å²) in [5.41, 5.74) is 1.05. The van der Waals surface area contributed by atoms with Crippen molar-refractivity contribution in [1.82, 2.24) is 10.2 Å². The number of halogens is 1. The van der Waals surface area contributed by atoms with Crippen molar-refractivity contribution in [2.75, 3.05) is 23.6 Å². The van der Waals surface area contributed by atoms with Crippen LogP contribution in [0.2, 0.25) is 0 Å². The SMILES string of the molecule is O=C(Nc1ccc2c(c1)OCO2)[C@@H]1CC(=O)N(c2n[nH]c3cccc(F)c23)C1. The number of nitrogens with one attached hydrogen (secondary N) is 2. The highest BCUT2D eigenvalue weighted by atomic mass is 19.1. The van der Waals surface area contributed by atoms with Crippen LogP contribution < -0.4 is 19.7 Å². The van der Waals surface area contributed by atoms with Crippen LogP contribution in [0.3, 0.4) is 0 Å². The zero-order chi connectivity index (χ0) is 19.3. The van der Waals surface area contributed by atoms with E-state index >= 15 is 0 Å². The van der Waals surface area contributed by atoms with Gasteiger partial charge >= 0.3 is 0 Å². The first-order valence-corrected chi connectivity index (χ1v) is 8.73. The maximum Gasteiger partial charge on any atom is 0.231 e. The Bertz CT molecular complexity index is 1110. The highest BCUT2D eigenvalue weighted by Gasteiger charge is 2.37. The van der Waals surface area contributed by atoms with Gasteiger partial charge in [-0.25, -0.2) is 4.39 Å². The summed E-state index contributed by atoms with van der Waals surface area (Å²) in [5, 5.41) is 9.84. The van der Waals surface area contributed by atoms with E-state index in [-0.39, 0.29) is 42.8 Å². The van der Waals surface area contributed by atoms with Gasteiger partial charge in [-0.2, -0.15) is 5.10 Å². The maximum absolute atomic E-state index is 14.2. The Morgan fingerprint density at radius 1 is 1.25 bits per heavy atom. The molecule has 2 N–H and O–H groups in total. The van der Waals surface area contributed by atoms with Gasteiger partial charge in [0.05, 0.1) is 16.8 Å². The summed E-state index contributed by atoms with van der Waals surface area (Å²) in [6.45, 7) is 0.274. The van der Waals surface area contributed by atoms with Crippen molar-refractivity contribution in [3.63, 3.8) is 0 Å². The molecule has 0 saturated carbocycles. The second-order valence-corrected chi connectivity index (χ2v) is 6.67. The van der Waals surface area contributed by atoms with Crippen molar-refractivity contribution >= 4 is 34.2 Å². The number of nitrogens with zero attached hydrogens (tertiary/aromatic N) is 2. The zero-order valence-corrected chi connectivity index (χ0v) is 14.6. The smallest absolute Gasteiger partial charge is 0.231 e. The van der Waals surface area contributed by atoms with E-state index in [0.717, 1.165) is 0 Å². The van der Waals surface area contributed by atoms with Gasteiger partial charge in [0.1, 0.15) is 5.82 Å². The van der Waals surface area contributed by atoms with E-state index in [1.807, 2.05) is 0 Å².